The van der Waals surface area contributed by atoms with E-state index < -0.39 is 37.8 Å². The van der Waals surface area contributed by atoms with Crippen LogP contribution in [0.15, 0.2) is 59.5 Å². The number of rotatable bonds is 7. The van der Waals surface area contributed by atoms with E-state index in [1.54, 1.807) is 36.4 Å². The zero-order chi connectivity index (χ0) is 20.6. The second-order valence-corrected chi connectivity index (χ2v) is 10.7. The number of hydrogen-bond donors (Lipinski definition) is 3. The Morgan fingerprint density at radius 3 is 2.07 bits per heavy atom. The summed E-state index contributed by atoms with van der Waals surface area (Å²) in [7, 11) is -14.3. The highest BCUT2D eigenvalue weighted by Gasteiger charge is 2.33. The molecule has 0 aliphatic carbocycles. The van der Waals surface area contributed by atoms with Gasteiger partial charge in [0, 0.05) is 5.39 Å². The topological polar surface area (TPSA) is 147 Å². The Morgan fingerprint density at radius 2 is 1.43 bits per heavy atom. The summed E-state index contributed by atoms with van der Waals surface area (Å²) in [4.78, 5) is 26.4. The molecule has 3 rings (SSSR count). The van der Waals surface area contributed by atoms with Crippen molar-refractivity contribution in [3.8, 4) is 0 Å². The van der Waals surface area contributed by atoms with Crippen molar-refractivity contribution in [2.45, 2.75) is 4.90 Å². The van der Waals surface area contributed by atoms with Gasteiger partial charge in [0.05, 0.1) is 17.3 Å². The molecule has 0 radical (unpaired) electrons. The van der Waals surface area contributed by atoms with Crippen LogP contribution in [0.3, 0.4) is 0 Å². The first-order valence-electron chi connectivity index (χ1n) is 7.86. The second kappa shape index (κ2) is 7.67. The molecule has 3 aromatic carbocycles. The number of phosphoric acid groups is 2. The minimum atomic E-state index is -5.27. The highest BCUT2D eigenvalue weighted by atomic mass is 32.2. The van der Waals surface area contributed by atoms with Crippen LogP contribution in [0.5, 0.6) is 0 Å². The molecule has 150 valence electrons. The van der Waals surface area contributed by atoms with Crippen LogP contribution in [-0.2, 0) is 27.8 Å². The van der Waals surface area contributed by atoms with E-state index >= 15 is 0 Å². The lowest BCUT2D eigenvalue weighted by Crippen LogP contribution is -2.13. The number of fused-ring (bicyclic) bond motifs is 3. The highest BCUT2D eigenvalue weighted by molar-refractivity contribution is 7.91. The summed E-state index contributed by atoms with van der Waals surface area (Å²) in [6.07, 6.45) is 0. The first kappa shape index (κ1) is 21.1. The van der Waals surface area contributed by atoms with Gasteiger partial charge >= 0.3 is 15.6 Å². The molecule has 3 aromatic rings. The molecule has 1 unspecified atom stereocenters. The van der Waals surface area contributed by atoms with Crippen molar-refractivity contribution in [1.29, 1.82) is 0 Å². The van der Waals surface area contributed by atoms with Gasteiger partial charge in [0.1, 0.15) is 0 Å². The van der Waals surface area contributed by atoms with E-state index in [0.29, 0.717) is 10.8 Å². The van der Waals surface area contributed by atoms with Gasteiger partial charge in [-0.3, -0.25) is 4.52 Å². The normalized spacial score (nSPS) is 15.0. The van der Waals surface area contributed by atoms with Crippen molar-refractivity contribution in [1.82, 2.24) is 0 Å². The average molecular weight is 446 g/mol. The number of hydrogen-bond acceptors (Lipinski definition) is 6. The van der Waals surface area contributed by atoms with Crippen LogP contribution in [0, 0.1) is 0 Å². The van der Waals surface area contributed by atoms with Gasteiger partial charge in [-0.1, -0.05) is 48.5 Å². The lowest BCUT2D eigenvalue weighted by Gasteiger charge is -2.14. The summed E-state index contributed by atoms with van der Waals surface area (Å²) in [6.45, 7) is -0.794. The Bertz CT molecular complexity index is 1230. The Labute approximate surface area is 160 Å². The molecule has 0 bridgehead atoms. The highest BCUT2D eigenvalue weighted by Crippen LogP contribution is 2.57. The lowest BCUT2D eigenvalue weighted by molar-refractivity contribution is 0.185. The van der Waals surface area contributed by atoms with Crippen LogP contribution in [-0.4, -0.2) is 35.5 Å². The Hall–Kier alpha value is -1.61. The van der Waals surface area contributed by atoms with E-state index in [1.165, 1.54) is 6.07 Å². The maximum absolute atomic E-state index is 12.8. The SMILES string of the molecule is O=P(O)(O)OP(=O)(O)OCCS(=O)(=O)c1cc2ccccc2c2ccccc12. The molecule has 28 heavy (non-hydrogen) atoms. The zero-order valence-corrected chi connectivity index (χ0v) is 16.8. The van der Waals surface area contributed by atoms with Crippen LogP contribution in [0.1, 0.15) is 0 Å². The third-order valence-corrected chi connectivity index (χ3v) is 7.78. The lowest BCUT2D eigenvalue weighted by atomic mass is 10.0. The van der Waals surface area contributed by atoms with Gasteiger partial charge in [-0.05, 0) is 22.2 Å². The van der Waals surface area contributed by atoms with Gasteiger partial charge in [-0.25, -0.2) is 17.5 Å². The summed E-state index contributed by atoms with van der Waals surface area (Å²) in [6, 6.07) is 15.7. The monoisotopic (exact) mass is 446 g/mol. The molecule has 0 amide bonds. The molecule has 0 saturated heterocycles. The standard InChI is InChI=1S/C16H16O9P2S/c17-26(18,19)25-27(20,21)24-9-10-28(22,23)16-11-12-5-1-2-6-13(12)14-7-3-4-8-15(14)16/h1-8,11H,9-10H2,(H,20,21)(H2,17,18,19). The fraction of sp³-hybridized carbons (Fsp3) is 0.125. The summed E-state index contributed by atoms with van der Waals surface area (Å²) in [5, 5.41) is 2.80. The summed E-state index contributed by atoms with van der Waals surface area (Å²) >= 11 is 0. The van der Waals surface area contributed by atoms with Crippen molar-refractivity contribution in [3.05, 3.63) is 54.6 Å². The zero-order valence-electron chi connectivity index (χ0n) is 14.2. The summed E-state index contributed by atoms with van der Waals surface area (Å²) in [5.41, 5.74) is 0. The Balaban J connectivity index is 1.92. The predicted octanol–water partition coefficient (Wildman–Crippen LogP) is 2.99. The Kier molecular flexibility index (Phi) is 5.78. The van der Waals surface area contributed by atoms with E-state index in [2.05, 4.69) is 8.83 Å². The van der Waals surface area contributed by atoms with Crippen molar-refractivity contribution < 1.29 is 41.1 Å². The van der Waals surface area contributed by atoms with Gasteiger partial charge in [0.25, 0.3) is 0 Å². The molecule has 0 heterocycles. The molecule has 0 aliphatic heterocycles. The molecule has 12 heteroatoms. The minimum Gasteiger partial charge on any atom is -0.302 e. The molecule has 0 aliphatic rings. The number of phosphoric ester groups is 1. The number of sulfone groups is 1. The first-order valence-corrected chi connectivity index (χ1v) is 12.5. The smallest absolute Gasteiger partial charge is 0.302 e. The third kappa shape index (κ3) is 4.86. The van der Waals surface area contributed by atoms with E-state index in [4.69, 9.17) is 9.79 Å². The maximum Gasteiger partial charge on any atom is 0.481 e. The molecule has 9 nitrogen and oxygen atoms in total. The van der Waals surface area contributed by atoms with Gasteiger partial charge in [-0.2, -0.15) is 4.31 Å². The van der Waals surface area contributed by atoms with Crippen LogP contribution < -0.4 is 0 Å². The molecular formula is C16H16O9P2S. The van der Waals surface area contributed by atoms with Crippen LogP contribution in [0.2, 0.25) is 0 Å². The van der Waals surface area contributed by atoms with Crippen LogP contribution in [0.4, 0.5) is 0 Å². The van der Waals surface area contributed by atoms with Crippen molar-refractivity contribution >= 4 is 47.0 Å². The molecule has 3 N–H and O–H groups in total. The van der Waals surface area contributed by atoms with Crippen LogP contribution in [0.25, 0.3) is 21.5 Å². The van der Waals surface area contributed by atoms with Gasteiger partial charge in [0.2, 0.25) is 0 Å². The Morgan fingerprint density at radius 1 is 0.857 bits per heavy atom. The first-order chi connectivity index (χ1) is 13.0. The second-order valence-electron chi connectivity index (χ2n) is 5.83. The van der Waals surface area contributed by atoms with E-state index in [0.717, 1.165) is 10.8 Å². The maximum atomic E-state index is 12.8. The van der Waals surface area contributed by atoms with Crippen molar-refractivity contribution in [2.75, 3.05) is 12.4 Å². The molecule has 1 atom stereocenters. The predicted molar refractivity (Wildman–Crippen MR) is 102 cm³/mol. The summed E-state index contributed by atoms with van der Waals surface area (Å²) < 4.78 is 55.7. The largest absolute Gasteiger partial charge is 0.481 e. The third-order valence-electron chi connectivity index (χ3n) is 3.88. The fourth-order valence-electron chi connectivity index (χ4n) is 2.81. The van der Waals surface area contributed by atoms with Gasteiger partial charge < -0.3 is 14.7 Å². The molecule has 0 spiro atoms. The van der Waals surface area contributed by atoms with E-state index in [1.807, 2.05) is 12.1 Å². The molecule has 0 saturated carbocycles. The van der Waals surface area contributed by atoms with E-state index in [9.17, 15) is 22.4 Å². The van der Waals surface area contributed by atoms with E-state index in [-0.39, 0.29) is 4.90 Å². The fourth-order valence-corrected chi connectivity index (χ4v) is 5.86. The quantitative estimate of drug-likeness (QED) is 0.368. The summed E-state index contributed by atoms with van der Waals surface area (Å²) in [5.74, 6) is -0.690. The average Bonchev–Trinajstić information content (AvgIpc) is 2.58. The minimum absolute atomic E-state index is 0.0223. The molecular weight excluding hydrogens is 430 g/mol. The van der Waals surface area contributed by atoms with Crippen LogP contribution >= 0.6 is 15.6 Å². The van der Waals surface area contributed by atoms with Gasteiger partial charge in [0.15, 0.2) is 9.84 Å². The number of benzene rings is 3. The van der Waals surface area contributed by atoms with Crippen molar-refractivity contribution in [2.24, 2.45) is 0 Å². The molecule has 0 fully saturated rings. The molecule has 0 aromatic heterocycles. The van der Waals surface area contributed by atoms with Gasteiger partial charge in [-0.15, -0.1) is 0 Å². The van der Waals surface area contributed by atoms with Crippen molar-refractivity contribution in [3.63, 3.8) is 0 Å².